The Morgan fingerprint density at radius 1 is 1.35 bits per heavy atom. The van der Waals surface area contributed by atoms with Crippen molar-refractivity contribution in [3.8, 4) is 11.8 Å². The number of halogens is 1. The van der Waals surface area contributed by atoms with Gasteiger partial charge in [-0.3, -0.25) is 4.79 Å². The Hall–Kier alpha value is -3.22. The molecule has 0 saturated carbocycles. The first kappa shape index (κ1) is 22.5. The first-order valence-corrected chi connectivity index (χ1v) is 10.2. The molecule has 9 heteroatoms. The highest BCUT2D eigenvalue weighted by Gasteiger charge is 2.28. The molecular formula is C22H27FN6O2. The van der Waals surface area contributed by atoms with Gasteiger partial charge < -0.3 is 26.0 Å². The molecule has 3 rings (SSSR count). The lowest BCUT2D eigenvalue weighted by atomic mass is 10.2. The first-order valence-electron chi connectivity index (χ1n) is 10.2. The summed E-state index contributed by atoms with van der Waals surface area (Å²) >= 11 is 0. The van der Waals surface area contributed by atoms with Crippen molar-refractivity contribution in [3.63, 3.8) is 0 Å². The maximum Gasteiger partial charge on any atom is 0.237 e. The number of hydrogen-bond acceptors (Lipinski definition) is 7. The monoisotopic (exact) mass is 426 g/mol. The number of carbonyl (C=O) groups is 1. The van der Waals surface area contributed by atoms with Crippen molar-refractivity contribution in [1.29, 1.82) is 0 Å². The second-order valence-electron chi connectivity index (χ2n) is 7.09. The fourth-order valence-corrected chi connectivity index (χ4v) is 3.14. The number of ether oxygens (including phenoxy) is 1. The van der Waals surface area contributed by atoms with Crippen molar-refractivity contribution in [2.75, 3.05) is 37.9 Å². The van der Waals surface area contributed by atoms with Crippen LogP contribution in [-0.4, -0.2) is 55.3 Å². The molecule has 1 aromatic carbocycles. The van der Waals surface area contributed by atoms with E-state index in [0.717, 1.165) is 6.42 Å². The van der Waals surface area contributed by atoms with E-state index in [4.69, 9.17) is 4.74 Å². The van der Waals surface area contributed by atoms with Gasteiger partial charge in [-0.1, -0.05) is 11.8 Å². The summed E-state index contributed by atoms with van der Waals surface area (Å²) in [7, 11) is 3.42. The number of aromatic nitrogens is 2. The van der Waals surface area contributed by atoms with Gasteiger partial charge in [0, 0.05) is 39.4 Å². The van der Waals surface area contributed by atoms with E-state index in [2.05, 4.69) is 43.1 Å². The summed E-state index contributed by atoms with van der Waals surface area (Å²) in [5, 5.41) is 12.1. The first-order chi connectivity index (χ1) is 15.1. The van der Waals surface area contributed by atoms with Crippen LogP contribution in [-0.2, 0) is 9.53 Å². The van der Waals surface area contributed by atoms with Crippen LogP contribution in [0.25, 0.3) is 0 Å². The van der Waals surface area contributed by atoms with Crippen LogP contribution >= 0.6 is 0 Å². The standard InChI is InChI=1S/C22H27FN6O2/c1-24-20-15(13-27-22(29-20)28-17-9-7-16(23)8-10-17)6-4-3-5-11-25-21(30)19-12-18(31-2)14-26-19/h7-10,13,18-19,26H,3,5,11-12,14H2,1-2H3,(H,25,30)(H2,24,27,28,29)/t18-,19-/m0/s1. The van der Waals surface area contributed by atoms with E-state index < -0.39 is 0 Å². The van der Waals surface area contributed by atoms with Crippen LogP contribution in [0.1, 0.15) is 24.8 Å². The molecule has 2 aromatic rings. The van der Waals surface area contributed by atoms with Crippen molar-refractivity contribution in [3.05, 3.63) is 41.8 Å². The molecule has 1 fully saturated rings. The second kappa shape index (κ2) is 11.2. The van der Waals surface area contributed by atoms with Gasteiger partial charge in [-0.25, -0.2) is 9.37 Å². The molecule has 1 aliphatic rings. The minimum Gasteiger partial charge on any atom is -0.380 e. The molecule has 31 heavy (non-hydrogen) atoms. The Morgan fingerprint density at radius 3 is 2.87 bits per heavy atom. The summed E-state index contributed by atoms with van der Waals surface area (Å²) in [4.78, 5) is 20.8. The average molecular weight is 426 g/mol. The zero-order valence-electron chi connectivity index (χ0n) is 17.7. The summed E-state index contributed by atoms with van der Waals surface area (Å²) in [5.41, 5.74) is 1.37. The Labute approximate surface area is 181 Å². The number of rotatable bonds is 8. The van der Waals surface area contributed by atoms with Crippen LogP contribution in [0, 0.1) is 17.7 Å². The minimum absolute atomic E-state index is 0.00243. The maximum atomic E-state index is 13.0. The third-order valence-electron chi connectivity index (χ3n) is 4.87. The van der Waals surface area contributed by atoms with E-state index >= 15 is 0 Å². The van der Waals surface area contributed by atoms with Crippen molar-refractivity contribution in [2.45, 2.75) is 31.4 Å². The van der Waals surface area contributed by atoms with Gasteiger partial charge in [-0.2, -0.15) is 4.98 Å². The van der Waals surface area contributed by atoms with Crippen molar-refractivity contribution in [2.24, 2.45) is 0 Å². The molecule has 164 valence electrons. The van der Waals surface area contributed by atoms with Gasteiger partial charge >= 0.3 is 0 Å². The van der Waals surface area contributed by atoms with E-state index in [0.29, 0.717) is 48.9 Å². The van der Waals surface area contributed by atoms with E-state index in [9.17, 15) is 9.18 Å². The molecule has 1 amide bonds. The molecule has 2 atom stereocenters. The number of methoxy groups -OCH3 is 1. The highest BCUT2D eigenvalue weighted by Crippen LogP contribution is 2.17. The van der Waals surface area contributed by atoms with Gasteiger partial charge in [0.2, 0.25) is 11.9 Å². The van der Waals surface area contributed by atoms with Crippen LogP contribution in [0.4, 0.5) is 21.8 Å². The van der Waals surface area contributed by atoms with Gasteiger partial charge in [0.05, 0.1) is 23.9 Å². The molecule has 1 aliphatic heterocycles. The van der Waals surface area contributed by atoms with Crippen LogP contribution in [0.15, 0.2) is 30.5 Å². The van der Waals surface area contributed by atoms with E-state index in [1.54, 1.807) is 32.5 Å². The SMILES string of the molecule is CNc1nc(Nc2ccc(F)cc2)ncc1C#CCCCNC(=O)[C@@H]1C[C@H](OC)CN1. The lowest BCUT2D eigenvalue weighted by molar-refractivity contribution is -0.122. The van der Waals surface area contributed by atoms with Gasteiger partial charge in [-0.05, 0) is 37.1 Å². The summed E-state index contributed by atoms with van der Waals surface area (Å²) < 4.78 is 18.3. The Bertz CT molecular complexity index is 941. The topological polar surface area (TPSA) is 100 Å². The number of nitrogens with zero attached hydrogens (tertiary/aromatic N) is 2. The van der Waals surface area contributed by atoms with Crippen molar-refractivity contribution >= 4 is 23.4 Å². The third kappa shape index (κ3) is 6.64. The highest BCUT2D eigenvalue weighted by atomic mass is 19.1. The highest BCUT2D eigenvalue weighted by molar-refractivity contribution is 5.82. The van der Waals surface area contributed by atoms with Gasteiger partial charge in [0.15, 0.2) is 0 Å². The average Bonchev–Trinajstić information content (AvgIpc) is 3.27. The van der Waals surface area contributed by atoms with Gasteiger partial charge in [0.1, 0.15) is 11.6 Å². The second-order valence-corrected chi connectivity index (χ2v) is 7.09. The molecule has 0 radical (unpaired) electrons. The number of benzene rings is 1. The van der Waals surface area contributed by atoms with Crippen molar-refractivity contribution in [1.82, 2.24) is 20.6 Å². The molecule has 8 nitrogen and oxygen atoms in total. The number of nitrogens with one attached hydrogen (secondary N) is 4. The smallest absolute Gasteiger partial charge is 0.237 e. The van der Waals surface area contributed by atoms with Crippen LogP contribution in [0.2, 0.25) is 0 Å². The van der Waals surface area contributed by atoms with Gasteiger partial charge in [0.25, 0.3) is 0 Å². The summed E-state index contributed by atoms with van der Waals surface area (Å²) in [6.45, 7) is 1.27. The molecule has 1 aromatic heterocycles. The molecule has 4 N–H and O–H groups in total. The fraction of sp³-hybridized carbons (Fsp3) is 0.409. The molecule has 0 unspecified atom stereocenters. The number of amides is 1. The molecule has 0 aliphatic carbocycles. The lowest BCUT2D eigenvalue weighted by Crippen LogP contribution is -2.40. The predicted molar refractivity (Wildman–Crippen MR) is 118 cm³/mol. The normalized spacial score (nSPS) is 17.5. The molecule has 1 saturated heterocycles. The van der Waals surface area contributed by atoms with Crippen LogP contribution in [0.5, 0.6) is 0 Å². The van der Waals surface area contributed by atoms with E-state index in [1.807, 2.05) is 0 Å². The number of carbonyl (C=O) groups excluding carboxylic acids is 1. The number of unbranched alkanes of at least 4 members (excludes halogenated alkanes) is 1. The minimum atomic E-state index is -0.303. The zero-order chi connectivity index (χ0) is 22.1. The quantitative estimate of drug-likeness (QED) is 0.379. The lowest BCUT2D eigenvalue weighted by Gasteiger charge is -2.10. The summed E-state index contributed by atoms with van der Waals surface area (Å²) in [6.07, 6.45) is 3.82. The molecular weight excluding hydrogens is 399 g/mol. The predicted octanol–water partition coefficient (Wildman–Crippen LogP) is 2.03. The van der Waals surface area contributed by atoms with Gasteiger partial charge in [-0.15, -0.1) is 0 Å². The van der Waals surface area contributed by atoms with Crippen molar-refractivity contribution < 1.29 is 13.9 Å². The van der Waals surface area contributed by atoms with E-state index in [1.165, 1.54) is 12.1 Å². The van der Waals surface area contributed by atoms with E-state index in [-0.39, 0.29) is 23.9 Å². The third-order valence-corrected chi connectivity index (χ3v) is 4.87. The number of hydrogen-bond donors (Lipinski definition) is 4. The summed E-state index contributed by atoms with van der Waals surface area (Å²) in [5.74, 6) is 6.84. The number of anilines is 3. The van der Waals surface area contributed by atoms with Crippen LogP contribution in [0.3, 0.4) is 0 Å². The molecule has 0 bridgehead atoms. The Morgan fingerprint density at radius 2 is 2.16 bits per heavy atom. The Balaban J connectivity index is 1.45. The maximum absolute atomic E-state index is 13.0. The molecule has 0 spiro atoms. The molecule has 2 heterocycles. The van der Waals surface area contributed by atoms with Crippen LogP contribution < -0.4 is 21.3 Å². The fourth-order valence-electron chi connectivity index (χ4n) is 3.14. The largest absolute Gasteiger partial charge is 0.380 e. The summed E-state index contributed by atoms with van der Waals surface area (Å²) in [6, 6.07) is 5.77. The zero-order valence-corrected chi connectivity index (χ0v) is 17.7. The Kier molecular flexibility index (Phi) is 8.15.